The third-order valence-corrected chi connectivity index (χ3v) is 6.92. The van der Waals surface area contributed by atoms with Crippen LogP contribution in [0.1, 0.15) is 63.6 Å². The van der Waals surface area contributed by atoms with Gasteiger partial charge in [-0.25, -0.2) is 4.79 Å². The largest absolute Gasteiger partial charge is 0.465 e. The fourth-order valence-electron chi connectivity index (χ4n) is 5.75. The van der Waals surface area contributed by atoms with Gasteiger partial charge in [-0.15, -0.1) is 0 Å². The van der Waals surface area contributed by atoms with E-state index in [0.717, 1.165) is 38.6 Å². The fraction of sp³-hybridized carbons (Fsp3) is 0.652. The molecule has 29 heavy (non-hydrogen) atoms. The predicted molar refractivity (Wildman–Crippen MR) is 112 cm³/mol. The average molecular weight is 400 g/mol. The summed E-state index contributed by atoms with van der Waals surface area (Å²) in [4.78, 5) is 29.6. The van der Waals surface area contributed by atoms with Crippen LogP contribution in [0.25, 0.3) is 0 Å². The first kappa shape index (κ1) is 20.2. The molecule has 0 spiro atoms. The fourth-order valence-corrected chi connectivity index (χ4v) is 5.75. The van der Waals surface area contributed by atoms with Gasteiger partial charge >= 0.3 is 6.09 Å². The van der Waals surface area contributed by atoms with Crippen LogP contribution in [0.15, 0.2) is 24.3 Å². The Hall–Kier alpha value is -2.08. The Balaban J connectivity index is 1.61. The van der Waals surface area contributed by atoms with Crippen molar-refractivity contribution in [1.29, 1.82) is 0 Å². The van der Waals surface area contributed by atoms with Gasteiger partial charge in [0.25, 0.3) is 0 Å². The summed E-state index contributed by atoms with van der Waals surface area (Å²) >= 11 is 0. The lowest BCUT2D eigenvalue weighted by Gasteiger charge is -2.52. The highest BCUT2D eigenvalue weighted by Gasteiger charge is 2.52. The van der Waals surface area contributed by atoms with Gasteiger partial charge in [-0.3, -0.25) is 14.6 Å². The second-order valence-corrected chi connectivity index (χ2v) is 9.87. The molecule has 0 aromatic heterocycles. The van der Waals surface area contributed by atoms with Crippen LogP contribution in [0.4, 0.5) is 4.79 Å². The zero-order chi connectivity index (χ0) is 20.8. The number of aryl methyl sites for hydroxylation is 1. The number of nitrogens with zero attached hydrogens (tertiary/aromatic N) is 2. The number of rotatable bonds is 2. The Morgan fingerprint density at radius 3 is 2.62 bits per heavy atom. The molecule has 1 unspecified atom stereocenters. The summed E-state index contributed by atoms with van der Waals surface area (Å²) in [6.45, 7) is 7.69. The van der Waals surface area contributed by atoms with E-state index in [2.05, 4.69) is 43.1 Å². The quantitative estimate of drug-likeness (QED) is 0.799. The maximum absolute atomic E-state index is 13.4. The van der Waals surface area contributed by atoms with Gasteiger partial charge in [0.2, 0.25) is 5.91 Å². The van der Waals surface area contributed by atoms with Crippen LogP contribution in [-0.2, 0) is 11.2 Å². The van der Waals surface area contributed by atoms with Crippen LogP contribution < -0.4 is 5.32 Å². The van der Waals surface area contributed by atoms with Crippen molar-refractivity contribution in [3.63, 3.8) is 0 Å². The summed E-state index contributed by atoms with van der Waals surface area (Å²) in [5, 5.41) is 13.3. The number of carbonyl (C=O) groups is 2. The van der Waals surface area contributed by atoms with Crippen LogP contribution in [0.2, 0.25) is 0 Å². The third kappa shape index (κ3) is 3.75. The van der Waals surface area contributed by atoms with E-state index in [1.807, 2.05) is 12.1 Å². The lowest BCUT2D eigenvalue weighted by atomic mass is 9.78. The minimum absolute atomic E-state index is 0.0347. The Morgan fingerprint density at radius 2 is 1.90 bits per heavy atom. The summed E-state index contributed by atoms with van der Waals surface area (Å²) in [7, 11) is 0. The average Bonchev–Trinajstić information content (AvgIpc) is 3.14. The van der Waals surface area contributed by atoms with Gasteiger partial charge < -0.3 is 10.4 Å². The normalized spacial score (nSPS) is 29.8. The highest BCUT2D eigenvalue weighted by molar-refractivity contribution is 5.86. The van der Waals surface area contributed by atoms with E-state index in [-0.39, 0.29) is 29.4 Å². The summed E-state index contributed by atoms with van der Waals surface area (Å²) in [6.07, 6.45) is 4.05. The number of fused-ring (bicyclic) bond motifs is 2. The zero-order valence-corrected chi connectivity index (χ0v) is 17.7. The molecule has 6 heteroatoms. The Morgan fingerprint density at radius 1 is 1.14 bits per heavy atom. The van der Waals surface area contributed by atoms with Crippen molar-refractivity contribution in [1.82, 2.24) is 15.1 Å². The number of carboxylic acid groups (broad SMARTS) is 1. The number of nitrogens with one attached hydrogen (secondary N) is 1. The molecular formula is C23H33N3O3. The molecule has 0 bridgehead atoms. The maximum Gasteiger partial charge on any atom is 0.408 e. The van der Waals surface area contributed by atoms with Gasteiger partial charge in [0.05, 0.1) is 12.1 Å². The SMILES string of the molecule is CC(C)(C)C1[C@H]2CCCN2C[C@@H](C(=O)N[C@@H]2CCCc3ccccc32)N1C(=O)O. The molecule has 158 valence electrons. The van der Waals surface area contributed by atoms with Gasteiger partial charge in [0.1, 0.15) is 6.04 Å². The number of hydrogen-bond acceptors (Lipinski definition) is 3. The molecule has 1 aromatic rings. The number of hydrogen-bond donors (Lipinski definition) is 2. The van der Waals surface area contributed by atoms with Crippen molar-refractivity contribution >= 4 is 12.0 Å². The number of amides is 2. The lowest BCUT2D eigenvalue weighted by molar-refractivity contribution is -0.134. The molecule has 2 N–H and O–H groups in total. The van der Waals surface area contributed by atoms with E-state index < -0.39 is 12.1 Å². The topological polar surface area (TPSA) is 72.9 Å². The van der Waals surface area contributed by atoms with Crippen molar-refractivity contribution in [2.75, 3.05) is 13.1 Å². The van der Waals surface area contributed by atoms with Gasteiger partial charge in [0, 0.05) is 12.6 Å². The Kier molecular flexibility index (Phi) is 5.32. The van der Waals surface area contributed by atoms with Crippen molar-refractivity contribution in [3.05, 3.63) is 35.4 Å². The standard InChI is InChI=1S/C23H33N3O3/c1-23(2,3)20-18-12-7-13-25(18)14-19(26(20)22(28)29)21(27)24-17-11-6-9-15-8-4-5-10-16(15)17/h4-5,8,10,17-20H,6-7,9,11-14H2,1-3H3,(H,24,27)(H,28,29)/t17-,18-,19+,20?/m1/s1. The monoisotopic (exact) mass is 399 g/mol. The molecule has 2 fully saturated rings. The van der Waals surface area contributed by atoms with Gasteiger partial charge in [-0.1, -0.05) is 45.0 Å². The van der Waals surface area contributed by atoms with Crippen LogP contribution in [0.3, 0.4) is 0 Å². The van der Waals surface area contributed by atoms with Gasteiger partial charge in [0.15, 0.2) is 0 Å². The van der Waals surface area contributed by atoms with Crippen LogP contribution in [0.5, 0.6) is 0 Å². The molecule has 4 atom stereocenters. The molecular weight excluding hydrogens is 366 g/mol. The number of carbonyl (C=O) groups excluding carboxylic acids is 1. The second-order valence-electron chi connectivity index (χ2n) is 9.87. The first-order chi connectivity index (χ1) is 13.8. The molecule has 2 saturated heterocycles. The molecule has 2 amide bonds. The van der Waals surface area contributed by atoms with Crippen molar-refractivity contribution in [2.45, 2.75) is 77.0 Å². The molecule has 2 aliphatic heterocycles. The minimum Gasteiger partial charge on any atom is -0.465 e. The van der Waals surface area contributed by atoms with E-state index in [1.165, 1.54) is 16.0 Å². The summed E-state index contributed by atoms with van der Waals surface area (Å²) in [6, 6.07) is 7.57. The smallest absolute Gasteiger partial charge is 0.408 e. The summed E-state index contributed by atoms with van der Waals surface area (Å²) in [5.74, 6) is -0.159. The molecule has 1 aliphatic carbocycles. The highest BCUT2D eigenvalue weighted by Crippen LogP contribution is 2.39. The van der Waals surface area contributed by atoms with E-state index in [9.17, 15) is 14.7 Å². The van der Waals surface area contributed by atoms with Gasteiger partial charge in [-0.2, -0.15) is 0 Å². The van der Waals surface area contributed by atoms with E-state index in [0.29, 0.717) is 6.54 Å². The van der Waals surface area contributed by atoms with Crippen molar-refractivity contribution in [3.8, 4) is 0 Å². The molecule has 2 heterocycles. The lowest BCUT2D eigenvalue weighted by Crippen LogP contribution is -2.70. The predicted octanol–water partition coefficient (Wildman–Crippen LogP) is 3.42. The van der Waals surface area contributed by atoms with Crippen LogP contribution in [-0.4, -0.2) is 58.1 Å². The third-order valence-electron chi connectivity index (χ3n) is 6.92. The number of piperazine rings is 1. The Bertz CT molecular complexity index is 788. The minimum atomic E-state index is -0.985. The number of benzene rings is 1. The second kappa shape index (κ2) is 7.63. The molecule has 3 aliphatic rings. The van der Waals surface area contributed by atoms with E-state index in [1.54, 1.807) is 0 Å². The summed E-state index contributed by atoms with van der Waals surface area (Å²) in [5.41, 5.74) is 2.23. The zero-order valence-electron chi connectivity index (χ0n) is 17.7. The molecule has 6 nitrogen and oxygen atoms in total. The summed E-state index contributed by atoms with van der Waals surface area (Å²) < 4.78 is 0. The Labute approximate surface area is 173 Å². The highest BCUT2D eigenvalue weighted by atomic mass is 16.4. The van der Waals surface area contributed by atoms with Crippen LogP contribution in [0, 0.1) is 5.41 Å². The van der Waals surface area contributed by atoms with E-state index >= 15 is 0 Å². The molecule has 0 saturated carbocycles. The maximum atomic E-state index is 13.4. The van der Waals surface area contributed by atoms with E-state index in [4.69, 9.17) is 0 Å². The first-order valence-corrected chi connectivity index (χ1v) is 10.9. The molecule has 4 rings (SSSR count). The molecule has 0 radical (unpaired) electrons. The van der Waals surface area contributed by atoms with Crippen molar-refractivity contribution in [2.24, 2.45) is 5.41 Å². The molecule has 1 aromatic carbocycles. The van der Waals surface area contributed by atoms with Crippen molar-refractivity contribution < 1.29 is 14.7 Å². The van der Waals surface area contributed by atoms with Crippen LogP contribution >= 0.6 is 0 Å². The first-order valence-electron chi connectivity index (χ1n) is 10.9. The van der Waals surface area contributed by atoms with Gasteiger partial charge in [-0.05, 0) is 55.2 Å².